The highest BCUT2D eigenvalue weighted by molar-refractivity contribution is 6.00. The zero-order valence-electron chi connectivity index (χ0n) is 20.4. The summed E-state index contributed by atoms with van der Waals surface area (Å²) < 4.78 is 33.3. The summed E-state index contributed by atoms with van der Waals surface area (Å²) in [5, 5.41) is 7.82. The van der Waals surface area contributed by atoms with Crippen LogP contribution in [0.25, 0.3) is 11.0 Å². The monoisotopic (exact) mass is 507 g/mol. The van der Waals surface area contributed by atoms with Gasteiger partial charge in [0.05, 0.1) is 23.4 Å². The molecule has 9 nitrogen and oxygen atoms in total. The van der Waals surface area contributed by atoms with Gasteiger partial charge in [-0.25, -0.2) is 18.4 Å². The Morgan fingerprint density at radius 2 is 2.08 bits per heavy atom. The van der Waals surface area contributed by atoms with Gasteiger partial charge in [-0.15, -0.1) is 0 Å². The lowest BCUT2D eigenvalue weighted by Gasteiger charge is -2.17. The predicted octanol–water partition coefficient (Wildman–Crippen LogP) is 2.81. The number of primary amides is 1. The first-order valence-electron chi connectivity index (χ1n) is 12.2. The molecule has 3 aromatic rings. The molecule has 2 aliphatic rings. The summed E-state index contributed by atoms with van der Waals surface area (Å²) >= 11 is 0. The van der Waals surface area contributed by atoms with Gasteiger partial charge in [-0.05, 0) is 44.1 Å². The molecule has 1 saturated carbocycles. The van der Waals surface area contributed by atoms with Gasteiger partial charge in [0, 0.05) is 32.2 Å². The molecular formula is C26H27F2N7O2. The highest BCUT2D eigenvalue weighted by Crippen LogP contribution is 2.33. The van der Waals surface area contributed by atoms with Crippen molar-refractivity contribution < 1.29 is 18.4 Å². The number of fused-ring (bicyclic) bond motifs is 1. The molecule has 1 aromatic carbocycles. The number of carbonyl (C=O) groups is 2. The molecule has 2 fully saturated rings. The number of likely N-dealkylation sites (tertiary alicyclic amines) is 1. The number of nitrogens with zero attached hydrogens (tertiary/aromatic N) is 5. The van der Waals surface area contributed by atoms with E-state index in [9.17, 15) is 14.0 Å². The maximum Gasteiger partial charge on any atom is 0.255 e. The number of amides is 2. The normalized spacial score (nSPS) is 17.1. The summed E-state index contributed by atoms with van der Waals surface area (Å²) in [6.45, 7) is 7.39. The Morgan fingerprint density at radius 3 is 2.76 bits per heavy atom. The third-order valence-corrected chi connectivity index (χ3v) is 6.86. The number of aromatic nitrogens is 4. The maximum atomic E-state index is 15.1. The number of hydrogen-bond donors (Lipinski definition) is 2. The van der Waals surface area contributed by atoms with Crippen LogP contribution in [0.5, 0.6) is 0 Å². The minimum Gasteiger partial charge on any atom is -0.369 e. The Labute approximate surface area is 212 Å². The van der Waals surface area contributed by atoms with Crippen LogP contribution < -0.4 is 11.1 Å². The van der Waals surface area contributed by atoms with Crippen LogP contribution in [0.1, 0.15) is 53.8 Å². The van der Waals surface area contributed by atoms with Gasteiger partial charge in [-0.2, -0.15) is 5.10 Å². The second-order valence-corrected chi connectivity index (χ2v) is 9.33. The van der Waals surface area contributed by atoms with E-state index in [0.717, 1.165) is 12.8 Å². The van der Waals surface area contributed by atoms with Crippen molar-refractivity contribution in [3.05, 3.63) is 53.5 Å². The van der Waals surface area contributed by atoms with Crippen LogP contribution in [-0.2, 0) is 11.3 Å². The number of hydrogen-bond acceptors (Lipinski definition) is 5. The molecule has 2 aromatic heterocycles. The fourth-order valence-electron chi connectivity index (χ4n) is 4.64. The molecule has 0 bridgehead atoms. The topological polar surface area (TPSA) is 111 Å². The van der Waals surface area contributed by atoms with Crippen LogP contribution in [0, 0.1) is 29.4 Å². The van der Waals surface area contributed by atoms with Crippen LogP contribution in [0.2, 0.25) is 0 Å². The lowest BCUT2D eigenvalue weighted by atomic mass is 10.1. The van der Waals surface area contributed by atoms with Crippen molar-refractivity contribution in [2.45, 2.75) is 38.8 Å². The first-order chi connectivity index (χ1) is 17.8. The molecule has 0 unspecified atom stereocenters. The van der Waals surface area contributed by atoms with E-state index < -0.39 is 23.1 Å². The summed E-state index contributed by atoms with van der Waals surface area (Å²) in [6.07, 6.45) is 5.47. The van der Waals surface area contributed by atoms with Gasteiger partial charge in [0.15, 0.2) is 11.5 Å². The second-order valence-electron chi connectivity index (χ2n) is 9.33. The van der Waals surface area contributed by atoms with Crippen molar-refractivity contribution in [2.24, 2.45) is 11.7 Å². The van der Waals surface area contributed by atoms with Crippen molar-refractivity contribution in [3.8, 4) is 11.8 Å². The fraction of sp³-hybridized carbons (Fsp3) is 0.385. The van der Waals surface area contributed by atoms with E-state index >= 15 is 4.39 Å². The minimum absolute atomic E-state index is 0.0114. The van der Waals surface area contributed by atoms with Crippen molar-refractivity contribution >= 4 is 28.7 Å². The van der Waals surface area contributed by atoms with Crippen molar-refractivity contribution in [1.82, 2.24) is 24.2 Å². The predicted molar refractivity (Wildman–Crippen MR) is 134 cm³/mol. The van der Waals surface area contributed by atoms with E-state index in [1.807, 2.05) is 6.92 Å². The van der Waals surface area contributed by atoms with E-state index in [0.29, 0.717) is 49.9 Å². The van der Waals surface area contributed by atoms with Crippen molar-refractivity contribution in [1.29, 1.82) is 0 Å². The lowest BCUT2D eigenvalue weighted by Crippen LogP contribution is -2.27. The quantitative estimate of drug-likeness (QED) is 0.377. The first kappa shape index (κ1) is 24.5. The van der Waals surface area contributed by atoms with Crippen LogP contribution in [0.15, 0.2) is 25.0 Å². The smallest absolute Gasteiger partial charge is 0.255 e. The zero-order chi connectivity index (χ0) is 26.3. The Morgan fingerprint density at radius 1 is 1.30 bits per heavy atom. The van der Waals surface area contributed by atoms with Gasteiger partial charge in [0.25, 0.3) is 5.91 Å². The van der Waals surface area contributed by atoms with Gasteiger partial charge in [0.1, 0.15) is 22.7 Å². The second kappa shape index (κ2) is 9.69. The molecule has 1 aliphatic carbocycles. The molecular weight excluding hydrogens is 480 g/mol. The summed E-state index contributed by atoms with van der Waals surface area (Å²) in [4.78, 5) is 30.3. The summed E-state index contributed by atoms with van der Waals surface area (Å²) in [5.41, 5.74) is 5.67. The number of aryl methyl sites for hydroxylation is 1. The van der Waals surface area contributed by atoms with Crippen LogP contribution >= 0.6 is 0 Å². The molecule has 5 rings (SSSR count). The van der Waals surface area contributed by atoms with E-state index in [4.69, 9.17) is 5.73 Å². The van der Waals surface area contributed by atoms with Gasteiger partial charge in [0.2, 0.25) is 5.91 Å². The number of nitrogens with two attached hydrogens (primary N) is 1. The molecule has 0 radical (unpaired) electrons. The largest absolute Gasteiger partial charge is 0.369 e. The number of imidazole rings is 1. The van der Waals surface area contributed by atoms with Gasteiger partial charge < -0.3 is 20.5 Å². The van der Waals surface area contributed by atoms with Gasteiger partial charge in [-0.1, -0.05) is 12.5 Å². The van der Waals surface area contributed by atoms with Crippen LogP contribution in [0.4, 0.5) is 14.6 Å². The molecule has 1 atom stereocenters. The average Bonchev–Trinajstić information content (AvgIpc) is 3.27. The number of carbonyl (C=O) groups excluding carboxylic acids is 2. The SMILES string of the molecule is C=CC(=O)N1CC[C@H](n2nc(C#Cc3c(F)cc4c(ncn4CC)c3F)c(C(N)=O)c2NCC2CC2)C1. The molecule has 192 valence electrons. The van der Waals surface area contributed by atoms with Crippen LogP contribution in [-0.4, -0.2) is 55.7 Å². The molecule has 0 spiro atoms. The Hall–Kier alpha value is -4.20. The third kappa shape index (κ3) is 4.55. The summed E-state index contributed by atoms with van der Waals surface area (Å²) in [5.74, 6) is 3.41. The average molecular weight is 508 g/mol. The van der Waals surface area contributed by atoms with E-state index in [2.05, 4.69) is 33.8 Å². The van der Waals surface area contributed by atoms with E-state index in [-0.39, 0.29) is 28.7 Å². The fourth-order valence-corrected chi connectivity index (χ4v) is 4.64. The molecule has 37 heavy (non-hydrogen) atoms. The maximum absolute atomic E-state index is 15.1. The molecule has 3 heterocycles. The van der Waals surface area contributed by atoms with E-state index in [1.165, 1.54) is 18.5 Å². The summed E-state index contributed by atoms with van der Waals surface area (Å²) in [6, 6.07) is 0.959. The number of rotatable bonds is 7. The molecule has 3 N–H and O–H groups in total. The number of benzene rings is 1. The highest BCUT2D eigenvalue weighted by atomic mass is 19.1. The Balaban J connectivity index is 1.57. The lowest BCUT2D eigenvalue weighted by molar-refractivity contribution is -0.125. The molecule has 11 heteroatoms. The van der Waals surface area contributed by atoms with Crippen molar-refractivity contribution in [3.63, 3.8) is 0 Å². The Bertz CT molecular complexity index is 1480. The highest BCUT2D eigenvalue weighted by Gasteiger charge is 2.32. The molecule has 2 amide bonds. The molecule has 1 saturated heterocycles. The van der Waals surface area contributed by atoms with E-state index in [1.54, 1.807) is 14.1 Å². The van der Waals surface area contributed by atoms with Gasteiger partial charge in [-0.3, -0.25) is 9.59 Å². The first-order valence-corrected chi connectivity index (χ1v) is 12.2. The number of halogens is 2. The van der Waals surface area contributed by atoms with Crippen molar-refractivity contribution in [2.75, 3.05) is 25.0 Å². The Kier molecular flexibility index (Phi) is 6.41. The number of anilines is 1. The summed E-state index contributed by atoms with van der Waals surface area (Å²) in [7, 11) is 0. The zero-order valence-corrected chi connectivity index (χ0v) is 20.4. The number of nitrogens with one attached hydrogen (secondary N) is 1. The van der Waals surface area contributed by atoms with Gasteiger partial charge >= 0.3 is 0 Å². The standard InChI is InChI=1S/C26H27F2N7O2/c1-3-21(36)34-10-9-16(13-34)35-26(30-12-15-5-6-15)22(25(29)37)19(32-35)8-7-17-18(27)11-20-24(23(17)28)31-14-33(20)4-2/h3,11,14-16,30H,1,4-6,9-10,12-13H2,2H3,(H2,29,37)/t16-/m0/s1. The van der Waals surface area contributed by atoms with Crippen LogP contribution in [0.3, 0.4) is 0 Å². The molecule has 1 aliphatic heterocycles. The third-order valence-electron chi connectivity index (χ3n) is 6.86. The minimum atomic E-state index is -0.879.